The highest BCUT2D eigenvalue weighted by Gasteiger charge is 2.24. The first kappa shape index (κ1) is 13.3. The number of benzene rings is 1. The normalized spacial score (nSPS) is 18.2. The van der Waals surface area contributed by atoms with Crippen LogP contribution in [0.25, 0.3) is 0 Å². The Morgan fingerprint density at radius 1 is 1.58 bits per heavy atom. The molecule has 0 saturated carbocycles. The van der Waals surface area contributed by atoms with Crippen LogP contribution in [0.1, 0.15) is 23.2 Å². The number of ether oxygens (including phenoxy) is 1. The minimum Gasteiger partial charge on any atom is -0.393 e. The van der Waals surface area contributed by atoms with Gasteiger partial charge in [-0.15, -0.1) is 0 Å². The highest BCUT2D eigenvalue weighted by atomic mass is 16.6. The summed E-state index contributed by atoms with van der Waals surface area (Å²) in [5.74, 6) is -0.505. The van der Waals surface area contributed by atoms with Crippen molar-refractivity contribution in [1.82, 2.24) is 5.32 Å². The largest absolute Gasteiger partial charge is 0.393 e. The highest BCUT2D eigenvalue weighted by molar-refractivity contribution is 6.00. The predicted molar refractivity (Wildman–Crippen MR) is 68.8 cm³/mol. The first-order chi connectivity index (χ1) is 9.09. The number of nitrogens with zero attached hydrogens (tertiary/aromatic N) is 1. The lowest BCUT2D eigenvalue weighted by atomic mass is 10.1. The van der Waals surface area contributed by atoms with Crippen LogP contribution in [0.5, 0.6) is 0 Å². The molecule has 1 amide bonds. The lowest BCUT2D eigenvalue weighted by Gasteiger charge is -2.11. The van der Waals surface area contributed by atoms with Gasteiger partial charge in [0.2, 0.25) is 0 Å². The zero-order chi connectivity index (χ0) is 13.8. The molecule has 1 atom stereocenters. The maximum absolute atomic E-state index is 12.0. The molecular weight excluding hydrogens is 250 g/mol. The molecule has 7 heteroatoms. The number of amides is 1. The molecule has 3 N–H and O–H groups in total. The Kier molecular flexibility index (Phi) is 3.96. The minimum atomic E-state index is -0.643. The molecule has 0 aliphatic carbocycles. The van der Waals surface area contributed by atoms with E-state index < -0.39 is 10.8 Å². The molecular formula is C12H15N3O4. The number of rotatable bonds is 4. The third-order valence-corrected chi connectivity index (χ3v) is 3.01. The fraction of sp³-hybridized carbons (Fsp3) is 0.417. The second-order valence-electron chi connectivity index (χ2n) is 4.35. The van der Waals surface area contributed by atoms with Crippen molar-refractivity contribution in [3.8, 4) is 0 Å². The molecule has 0 radical (unpaired) electrons. The molecule has 102 valence electrons. The van der Waals surface area contributed by atoms with Crippen molar-refractivity contribution in [3.63, 3.8) is 0 Å². The van der Waals surface area contributed by atoms with Gasteiger partial charge in [-0.05, 0) is 25.0 Å². The number of nitrogen functional groups attached to an aromatic ring is 1. The maximum atomic E-state index is 12.0. The van der Waals surface area contributed by atoms with Crippen LogP contribution in [0.2, 0.25) is 0 Å². The van der Waals surface area contributed by atoms with Crippen LogP contribution in [0.4, 0.5) is 11.4 Å². The molecule has 0 aromatic heterocycles. The summed E-state index contributed by atoms with van der Waals surface area (Å²) in [7, 11) is 0. The summed E-state index contributed by atoms with van der Waals surface area (Å²) in [5.41, 5.74) is 5.13. The van der Waals surface area contributed by atoms with E-state index in [1.54, 1.807) is 0 Å². The van der Waals surface area contributed by atoms with E-state index in [9.17, 15) is 14.9 Å². The van der Waals surface area contributed by atoms with Crippen molar-refractivity contribution in [1.29, 1.82) is 0 Å². The van der Waals surface area contributed by atoms with Gasteiger partial charge in [-0.1, -0.05) is 6.07 Å². The molecule has 2 rings (SSSR count). The second-order valence-corrected chi connectivity index (χ2v) is 4.35. The predicted octanol–water partition coefficient (Wildman–Crippen LogP) is 1.09. The summed E-state index contributed by atoms with van der Waals surface area (Å²) in [6.45, 7) is 1.05. The van der Waals surface area contributed by atoms with Crippen molar-refractivity contribution < 1.29 is 14.5 Å². The second kappa shape index (κ2) is 5.66. The molecule has 7 nitrogen and oxygen atoms in total. The van der Waals surface area contributed by atoms with Gasteiger partial charge in [0.15, 0.2) is 0 Å². The van der Waals surface area contributed by atoms with Gasteiger partial charge < -0.3 is 15.8 Å². The van der Waals surface area contributed by atoms with Crippen molar-refractivity contribution in [3.05, 3.63) is 33.9 Å². The zero-order valence-corrected chi connectivity index (χ0v) is 10.3. The van der Waals surface area contributed by atoms with Crippen molar-refractivity contribution in [2.24, 2.45) is 0 Å². The van der Waals surface area contributed by atoms with Gasteiger partial charge >= 0.3 is 5.69 Å². The Morgan fingerprint density at radius 3 is 3.00 bits per heavy atom. The van der Waals surface area contributed by atoms with Gasteiger partial charge in [-0.2, -0.15) is 0 Å². The van der Waals surface area contributed by atoms with Gasteiger partial charge in [0.1, 0.15) is 11.3 Å². The Balaban J connectivity index is 2.10. The number of hydrogen-bond acceptors (Lipinski definition) is 5. The number of nitrogens with one attached hydrogen (secondary N) is 1. The maximum Gasteiger partial charge on any atom is 0.304 e. The fourth-order valence-electron chi connectivity index (χ4n) is 2.06. The Bertz CT molecular complexity index is 498. The highest BCUT2D eigenvalue weighted by Crippen LogP contribution is 2.25. The quantitative estimate of drug-likeness (QED) is 0.481. The van der Waals surface area contributed by atoms with Crippen LogP contribution in [-0.2, 0) is 4.74 Å². The monoisotopic (exact) mass is 265 g/mol. The van der Waals surface area contributed by atoms with E-state index in [2.05, 4.69) is 5.32 Å². The topological polar surface area (TPSA) is 107 Å². The summed E-state index contributed by atoms with van der Waals surface area (Å²) in [6, 6.07) is 4.30. The SMILES string of the molecule is Nc1cccc(C(=O)NCC2CCCO2)c1[N+](=O)[O-]. The standard InChI is InChI=1S/C12H15N3O4/c13-10-5-1-4-9(11(10)15(17)18)12(16)14-7-8-3-2-6-19-8/h1,4-5,8H,2-3,6-7,13H2,(H,14,16). The molecule has 1 aliphatic rings. The van der Waals surface area contributed by atoms with Gasteiger partial charge in [0, 0.05) is 13.2 Å². The number of anilines is 1. The van der Waals surface area contributed by atoms with Crippen LogP contribution in [0.3, 0.4) is 0 Å². The van der Waals surface area contributed by atoms with Crippen LogP contribution < -0.4 is 11.1 Å². The first-order valence-corrected chi connectivity index (χ1v) is 6.02. The van der Waals surface area contributed by atoms with E-state index in [1.165, 1.54) is 18.2 Å². The van der Waals surface area contributed by atoms with Crippen molar-refractivity contribution in [2.45, 2.75) is 18.9 Å². The summed E-state index contributed by atoms with van der Waals surface area (Å²) in [5, 5.41) is 13.6. The van der Waals surface area contributed by atoms with Gasteiger partial charge in [0.05, 0.1) is 11.0 Å². The Hall–Kier alpha value is -2.15. The molecule has 1 aromatic carbocycles. The lowest BCUT2D eigenvalue weighted by Crippen LogP contribution is -2.32. The number of nitrogens with two attached hydrogens (primary N) is 1. The number of hydrogen-bond donors (Lipinski definition) is 2. The molecule has 0 spiro atoms. The number of carbonyl (C=O) groups excluding carboxylic acids is 1. The zero-order valence-electron chi connectivity index (χ0n) is 10.3. The van der Waals surface area contributed by atoms with Crippen LogP contribution >= 0.6 is 0 Å². The van der Waals surface area contributed by atoms with Gasteiger partial charge in [-0.3, -0.25) is 14.9 Å². The molecule has 1 saturated heterocycles. The van der Waals surface area contributed by atoms with E-state index >= 15 is 0 Å². The van der Waals surface area contributed by atoms with E-state index in [4.69, 9.17) is 10.5 Å². The number of para-hydroxylation sites is 1. The van der Waals surface area contributed by atoms with Crippen molar-refractivity contribution in [2.75, 3.05) is 18.9 Å². The molecule has 1 aliphatic heterocycles. The Labute approximate surface area is 109 Å². The molecule has 1 fully saturated rings. The van der Waals surface area contributed by atoms with Crippen LogP contribution in [-0.4, -0.2) is 30.1 Å². The molecule has 1 heterocycles. The van der Waals surface area contributed by atoms with E-state index in [0.29, 0.717) is 13.2 Å². The number of nitro benzene ring substituents is 1. The summed E-state index contributed by atoms with van der Waals surface area (Å²) in [6.07, 6.45) is 1.85. The van der Waals surface area contributed by atoms with Gasteiger partial charge in [0.25, 0.3) is 5.91 Å². The van der Waals surface area contributed by atoms with Gasteiger partial charge in [-0.25, -0.2) is 0 Å². The first-order valence-electron chi connectivity index (χ1n) is 6.02. The number of nitro groups is 1. The summed E-state index contributed by atoms with van der Waals surface area (Å²) >= 11 is 0. The average molecular weight is 265 g/mol. The molecule has 19 heavy (non-hydrogen) atoms. The molecule has 1 unspecified atom stereocenters. The van der Waals surface area contributed by atoms with Crippen LogP contribution in [0, 0.1) is 10.1 Å². The Morgan fingerprint density at radius 2 is 2.37 bits per heavy atom. The smallest absolute Gasteiger partial charge is 0.304 e. The third-order valence-electron chi connectivity index (χ3n) is 3.01. The van der Waals surface area contributed by atoms with Crippen molar-refractivity contribution >= 4 is 17.3 Å². The average Bonchev–Trinajstić information content (AvgIpc) is 2.88. The fourth-order valence-corrected chi connectivity index (χ4v) is 2.06. The third kappa shape index (κ3) is 3.00. The number of carbonyl (C=O) groups is 1. The van der Waals surface area contributed by atoms with E-state index in [-0.39, 0.29) is 23.0 Å². The minimum absolute atomic E-state index is 0.0101. The lowest BCUT2D eigenvalue weighted by molar-refractivity contribution is -0.384. The van der Waals surface area contributed by atoms with E-state index in [0.717, 1.165) is 12.8 Å². The molecule has 0 bridgehead atoms. The summed E-state index contributed by atoms with van der Waals surface area (Å²) in [4.78, 5) is 22.2. The molecule has 1 aromatic rings. The summed E-state index contributed by atoms with van der Waals surface area (Å²) < 4.78 is 5.37. The van der Waals surface area contributed by atoms with Crippen LogP contribution in [0.15, 0.2) is 18.2 Å². The van der Waals surface area contributed by atoms with E-state index in [1.807, 2.05) is 0 Å².